The summed E-state index contributed by atoms with van der Waals surface area (Å²) < 4.78 is 6.18. The van der Waals surface area contributed by atoms with Crippen molar-refractivity contribution >= 4 is 28.5 Å². The maximum absolute atomic E-state index is 12.2. The standard InChI is InChI=1S/C30H28O4S/c1-4-25(32)24-8-5-7-23(17-24)16-21-10-12-22(13-11-21)18-34-26-15-19(2)28(20(3)31)30(33)29(26)27-9-6-14-35-27/h5-15,17,19,28,32-33H,1,16,18H2,2-3H3. The van der Waals surface area contributed by atoms with Crippen molar-refractivity contribution in [1.29, 1.82) is 0 Å². The first-order valence-corrected chi connectivity index (χ1v) is 12.3. The van der Waals surface area contributed by atoms with Crippen molar-refractivity contribution in [1.82, 2.24) is 0 Å². The second-order valence-corrected chi connectivity index (χ2v) is 9.67. The van der Waals surface area contributed by atoms with Crippen molar-refractivity contribution in [3.05, 3.63) is 123 Å². The Bertz CT molecular complexity index is 1320. The summed E-state index contributed by atoms with van der Waals surface area (Å²) in [5, 5.41) is 22.8. The Morgan fingerprint density at radius 3 is 2.49 bits per heavy atom. The van der Waals surface area contributed by atoms with Crippen LogP contribution in [0.4, 0.5) is 0 Å². The van der Waals surface area contributed by atoms with Crippen molar-refractivity contribution in [2.45, 2.75) is 26.9 Å². The summed E-state index contributed by atoms with van der Waals surface area (Å²) in [6, 6.07) is 19.7. The number of carbonyl (C=O) groups excluding carboxylic acids is 1. The lowest BCUT2D eigenvalue weighted by molar-refractivity contribution is -0.121. The summed E-state index contributed by atoms with van der Waals surface area (Å²) >= 11 is 1.51. The summed E-state index contributed by atoms with van der Waals surface area (Å²) in [5.41, 5.74) is 7.03. The maximum atomic E-state index is 12.2. The van der Waals surface area contributed by atoms with Crippen LogP contribution >= 0.6 is 11.3 Å². The van der Waals surface area contributed by atoms with Crippen LogP contribution in [0.25, 0.3) is 11.3 Å². The lowest BCUT2D eigenvalue weighted by Gasteiger charge is -2.28. The highest BCUT2D eigenvalue weighted by Crippen LogP contribution is 2.40. The quantitative estimate of drug-likeness (QED) is 0.261. The molecule has 4 nitrogen and oxygen atoms in total. The van der Waals surface area contributed by atoms with E-state index in [4.69, 9.17) is 4.74 Å². The number of allylic oxidation sites excluding steroid dienone is 3. The fourth-order valence-corrected chi connectivity index (χ4v) is 5.17. The number of aliphatic hydroxyl groups is 2. The van der Waals surface area contributed by atoms with Crippen LogP contribution in [0.15, 0.2) is 95.9 Å². The highest BCUT2D eigenvalue weighted by atomic mass is 32.1. The molecule has 0 spiro atoms. The fraction of sp³-hybridized carbons (Fsp3) is 0.200. The van der Waals surface area contributed by atoms with Crippen molar-refractivity contribution in [2.75, 3.05) is 0 Å². The lowest BCUT2D eigenvalue weighted by atomic mass is 9.81. The Kier molecular flexibility index (Phi) is 7.40. The normalized spacial score (nSPS) is 17.5. The Labute approximate surface area is 209 Å². The first kappa shape index (κ1) is 24.3. The number of rotatable bonds is 8. The number of benzene rings is 2. The largest absolute Gasteiger partial charge is 0.511 e. The van der Waals surface area contributed by atoms with E-state index in [1.165, 1.54) is 18.3 Å². The first-order valence-electron chi connectivity index (χ1n) is 11.5. The van der Waals surface area contributed by atoms with E-state index in [0.29, 0.717) is 23.5 Å². The third-order valence-corrected chi connectivity index (χ3v) is 7.02. The van der Waals surface area contributed by atoms with E-state index in [9.17, 15) is 15.0 Å². The van der Waals surface area contributed by atoms with Crippen molar-refractivity contribution in [2.24, 2.45) is 11.8 Å². The van der Waals surface area contributed by atoms with E-state index in [1.807, 2.05) is 66.9 Å². The Morgan fingerprint density at radius 2 is 1.83 bits per heavy atom. The molecule has 0 saturated heterocycles. The predicted octanol–water partition coefficient (Wildman–Crippen LogP) is 7.25. The molecule has 0 amide bonds. The number of aliphatic hydroxyl groups excluding tert-OH is 2. The van der Waals surface area contributed by atoms with Gasteiger partial charge >= 0.3 is 0 Å². The topological polar surface area (TPSA) is 66.8 Å². The molecule has 35 heavy (non-hydrogen) atoms. The van der Waals surface area contributed by atoms with E-state index in [-0.39, 0.29) is 23.2 Å². The molecule has 1 heterocycles. The van der Waals surface area contributed by atoms with E-state index < -0.39 is 5.92 Å². The van der Waals surface area contributed by atoms with Gasteiger partial charge in [-0.15, -0.1) is 11.3 Å². The van der Waals surface area contributed by atoms with Crippen LogP contribution in [0.3, 0.4) is 0 Å². The monoisotopic (exact) mass is 484 g/mol. The molecule has 0 aliphatic heterocycles. The average molecular weight is 485 g/mol. The minimum Gasteiger partial charge on any atom is -0.511 e. The third kappa shape index (κ3) is 5.48. The second-order valence-electron chi connectivity index (χ2n) is 8.72. The number of hydrogen-bond acceptors (Lipinski definition) is 5. The van der Waals surface area contributed by atoms with Crippen molar-refractivity contribution in [3.63, 3.8) is 0 Å². The number of carbonyl (C=O) groups is 1. The Morgan fingerprint density at radius 1 is 1.09 bits per heavy atom. The molecule has 2 N–H and O–H groups in total. The summed E-state index contributed by atoms with van der Waals surface area (Å²) in [7, 11) is 0. The smallest absolute Gasteiger partial charge is 0.166 e. The number of thiophene rings is 1. The van der Waals surface area contributed by atoms with E-state index in [2.05, 4.69) is 24.4 Å². The van der Waals surface area contributed by atoms with Gasteiger partial charge in [-0.05, 0) is 59.5 Å². The molecule has 0 fully saturated rings. The molecule has 0 radical (unpaired) electrons. The van der Waals surface area contributed by atoms with Gasteiger partial charge in [-0.2, -0.15) is 0 Å². The zero-order valence-corrected chi connectivity index (χ0v) is 20.6. The molecular formula is C30H28O4S. The van der Waals surface area contributed by atoms with Crippen LogP contribution in [-0.4, -0.2) is 16.0 Å². The predicted molar refractivity (Wildman–Crippen MR) is 141 cm³/mol. The molecule has 0 saturated carbocycles. The van der Waals surface area contributed by atoms with Crippen LogP contribution in [0, 0.1) is 11.8 Å². The number of ether oxygens (including phenoxy) is 1. The van der Waals surface area contributed by atoms with Gasteiger partial charge in [-0.1, -0.05) is 67.8 Å². The highest BCUT2D eigenvalue weighted by Gasteiger charge is 2.34. The zero-order valence-electron chi connectivity index (χ0n) is 19.8. The molecule has 5 heteroatoms. The van der Waals surface area contributed by atoms with Gasteiger partial charge in [0.25, 0.3) is 0 Å². The van der Waals surface area contributed by atoms with Gasteiger partial charge in [0, 0.05) is 10.4 Å². The molecule has 1 aromatic heterocycles. The Balaban J connectivity index is 1.48. The second kappa shape index (κ2) is 10.6. The van der Waals surface area contributed by atoms with Gasteiger partial charge in [0.05, 0.1) is 11.5 Å². The van der Waals surface area contributed by atoms with Crippen LogP contribution in [0.2, 0.25) is 0 Å². The molecular weight excluding hydrogens is 456 g/mol. The minimum absolute atomic E-state index is 0.0438. The van der Waals surface area contributed by atoms with Crippen LogP contribution < -0.4 is 0 Å². The van der Waals surface area contributed by atoms with Crippen molar-refractivity contribution < 1.29 is 19.7 Å². The molecule has 1 aliphatic rings. The molecule has 2 unspecified atom stereocenters. The molecule has 0 bridgehead atoms. The summed E-state index contributed by atoms with van der Waals surface area (Å²) in [4.78, 5) is 13.0. The van der Waals surface area contributed by atoms with Gasteiger partial charge in [0.15, 0.2) is 5.76 Å². The third-order valence-electron chi connectivity index (χ3n) is 6.14. The first-order chi connectivity index (χ1) is 16.9. The van der Waals surface area contributed by atoms with E-state index in [1.54, 1.807) is 0 Å². The molecule has 2 atom stereocenters. The van der Waals surface area contributed by atoms with Crippen molar-refractivity contribution in [3.8, 4) is 0 Å². The molecule has 178 valence electrons. The van der Waals surface area contributed by atoms with Gasteiger partial charge in [-0.25, -0.2) is 0 Å². The van der Waals surface area contributed by atoms with Gasteiger partial charge in [0.2, 0.25) is 0 Å². The number of Topliss-reactive ketones (excluding diaryl/α,β-unsaturated/α-hetero) is 1. The summed E-state index contributed by atoms with van der Waals surface area (Å²) in [6.07, 6.45) is 2.67. The van der Waals surface area contributed by atoms with Crippen LogP contribution in [-0.2, 0) is 22.6 Å². The average Bonchev–Trinajstić information content (AvgIpc) is 3.37. The van der Waals surface area contributed by atoms with Gasteiger partial charge in [-0.3, -0.25) is 4.79 Å². The van der Waals surface area contributed by atoms with Crippen LogP contribution in [0.1, 0.15) is 41.0 Å². The lowest BCUT2D eigenvalue weighted by Crippen LogP contribution is -2.25. The summed E-state index contributed by atoms with van der Waals surface area (Å²) in [6.45, 7) is 7.27. The fourth-order valence-electron chi connectivity index (χ4n) is 4.38. The minimum atomic E-state index is -0.555. The summed E-state index contributed by atoms with van der Waals surface area (Å²) in [5.74, 6) is -0.0369. The van der Waals surface area contributed by atoms with Crippen LogP contribution in [0.5, 0.6) is 0 Å². The van der Waals surface area contributed by atoms with E-state index >= 15 is 0 Å². The number of hydrogen-bond donors (Lipinski definition) is 2. The van der Waals surface area contributed by atoms with E-state index in [0.717, 1.165) is 28.0 Å². The van der Waals surface area contributed by atoms with Gasteiger partial charge in [0.1, 0.15) is 23.9 Å². The van der Waals surface area contributed by atoms with Gasteiger partial charge < -0.3 is 14.9 Å². The molecule has 4 rings (SSSR count). The SMILES string of the molecule is C=C=C(O)c1cccc(Cc2ccc(COC3=CC(C)C(C(C)=O)C(O)=C3c3cccs3)cc2)c1. The Hall–Kier alpha value is -3.79. The number of ketones is 1. The molecule has 2 aromatic carbocycles. The maximum Gasteiger partial charge on any atom is 0.166 e. The highest BCUT2D eigenvalue weighted by molar-refractivity contribution is 7.11. The molecule has 3 aromatic rings. The molecule has 1 aliphatic carbocycles. The zero-order chi connectivity index (χ0) is 24.9.